The van der Waals surface area contributed by atoms with E-state index in [1.165, 1.54) is 11.8 Å². The van der Waals surface area contributed by atoms with Crippen LogP contribution in [-0.2, 0) is 20.0 Å². The van der Waals surface area contributed by atoms with Crippen molar-refractivity contribution in [3.63, 3.8) is 0 Å². The molecule has 5 heteroatoms. The minimum atomic E-state index is -0.206. The number of thioether (sulfide) groups is 1. The van der Waals surface area contributed by atoms with E-state index >= 15 is 0 Å². The molecular formula is C12H17NO3S. The molecule has 0 saturated carbocycles. The lowest BCUT2D eigenvalue weighted by molar-refractivity contribution is -0.141. The van der Waals surface area contributed by atoms with Gasteiger partial charge in [0.05, 0.1) is 12.4 Å². The minimum Gasteiger partial charge on any atom is -0.463 e. The van der Waals surface area contributed by atoms with Crippen LogP contribution >= 0.6 is 11.8 Å². The van der Waals surface area contributed by atoms with Crippen LogP contribution in [0.5, 0.6) is 0 Å². The molecule has 1 aromatic carbocycles. The molecule has 1 rings (SSSR count). The quantitative estimate of drug-likeness (QED) is 0.456. The topological polar surface area (TPSA) is 61.5 Å². The SMILES string of the molecule is COCCOC(=O)CSCc1ccc(N)cc1. The van der Waals surface area contributed by atoms with Crippen molar-refractivity contribution >= 4 is 23.4 Å². The highest BCUT2D eigenvalue weighted by Crippen LogP contribution is 2.13. The van der Waals surface area contributed by atoms with Crippen molar-refractivity contribution in [2.75, 3.05) is 31.8 Å². The molecule has 2 N–H and O–H groups in total. The summed E-state index contributed by atoms with van der Waals surface area (Å²) in [5, 5.41) is 0. The zero-order valence-electron chi connectivity index (χ0n) is 9.85. The number of carbonyl (C=O) groups excluding carboxylic acids is 1. The Bertz CT molecular complexity index is 340. The van der Waals surface area contributed by atoms with Crippen molar-refractivity contribution in [3.8, 4) is 0 Å². The van der Waals surface area contributed by atoms with Crippen LogP contribution in [0.15, 0.2) is 24.3 Å². The maximum absolute atomic E-state index is 11.2. The molecule has 17 heavy (non-hydrogen) atoms. The van der Waals surface area contributed by atoms with Gasteiger partial charge in [0.2, 0.25) is 0 Å². The number of hydrogen-bond donors (Lipinski definition) is 1. The van der Waals surface area contributed by atoms with E-state index in [1.807, 2.05) is 24.3 Å². The van der Waals surface area contributed by atoms with Crippen LogP contribution in [0.4, 0.5) is 5.69 Å². The van der Waals surface area contributed by atoms with E-state index in [0.29, 0.717) is 19.0 Å². The molecule has 0 unspecified atom stereocenters. The Balaban J connectivity index is 2.14. The Morgan fingerprint density at radius 1 is 1.29 bits per heavy atom. The molecule has 0 saturated heterocycles. The van der Waals surface area contributed by atoms with Gasteiger partial charge >= 0.3 is 5.97 Å². The van der Waals surface area contributed by atoms with Crippen LogP contribution in [0.1, 0.15) is 5.56 Å². The fourth-order valence-electron chi connectivity index (χ4n) is 1.15. The van der Waals surface area contributed by atoms with E-state index < -0.39 is 0 Å². The van der Waals surface area contributed by atoms with Crippen molar-refractivity contribution in [3.05, 3.63) is 29.8 Å². The van der Waals surface area contributed by atoms with Gasteiger partial charge in [0.25, 0.3) is 0 Å². The molecule has 0 amide bonds. The molecule has 0 aliphatic heterocycles. The lowest BCUT2D eigenvalue weighted by Crippen LogP contribution is -2.11. The highest BCUT2D eigenvalue weighted by Gasteiger charge is 2.03. The highest BCUT2D eigenvalue weighted by molar-refractivity contribution is 7.99. The number of nitrogen functional groups attached to an aromatic ring is 1. The van der Waals surface area contributed by atoms with Crippen LogP contribution < -0.4 is 5.73 Å². The summed E-state index contributed by atoms with van der Waals surface area (Å²) in [4.78, 5) is 11.2. The van der Waals surface area contributed by atoms with Crippen LogP contribution in [0.2, 0.25) is 0 Å². The third kappa shape index (κ3) is 6.19. The maximum atomic E-state index is 11.2. The molecule has 0 aliphatic rings. The van der Waals surface area contributed by atoms with Crippen molar-refractivity contribution in [1.82, 2.24) is 0 Å². The van der Waals surface area contributed by atoms with Gasteiger partial charge in [-0.1, -0.05) is 12.1 Å². The second-order valence-corrected chi connectivity index (χ2v) is 4.43. The second-order valence-electron chi connectivity index (χ2n) is 3.45. The molecule has 4 nitrogen and oxygen atoms in total. The smallest absolute Gasteiger partial charge is 0.315 e. The lowest BCUT2D eigenvalue weighted by atomic mass is 10.2. The first-order chi connectivity index (χ1) is 8.22. The molecule has 94 valence electrons. The van der Waals surface area contributed by atoms with Gasteiger partial charge < -0.3 is 15.2 Å². The third-order valence-electron chi connectivity index (χ3n) is 2.02. The zero-order valence-corrected chi connectivity index (χ0v) is 10.7. The first-order valence-corrected chi connectivity index (χ1v) is 6.44. The molecule has 0 aliphatic carbocycles. The van der Waals surface area contributed by atoms with Crippen LogP contribution in [0, 0.1) is 0 Å². The van der Waals surface area contributed by atoms with E-state index in [0.717, 1.165) is 17.0 Å². The summed E-state index contributed by atoms with van der Waals surface area (Å²) < 4.78 is 9.72. The van der Waals surface area contributed by atoms with Crippen molar-refractivity contribution < 1.29 is 14.3 Å². The van der Waals surface area contributed by atoms with Crippen LogP contribution in [0.3, 0.4) is 0 Å². The number of carbonyl (C=O) groups is 1. The Labute approximate surface area is 105 Å². The molecular weight excluding hydrogens is 238 g/mol. The van der Waals surface area contributed by atoms with Crippen molar-refractivity contribution in [2.24, 2.45) is 0 Å². The number of methoxy groups -OCH3 is 1. The molecule has 1 aromatic rings. The fourth-order valence-corrected chi connectivity index (χ4v) is 1.93. The Morgan fingerprint density at radius 3 is 2.65 bits per heavy atom. The van der Waals surface area contributed by atoms with Gasteiger partial charge in [-0.25, -0.2) is 0 Å². The van der Waals surface area contributed by atoms with Gasteiger partial charge in [-0.2, -0.15) is 0 Å². The van der Waals surface area contributed by atoms with E-state index in [4.69, 9.17) is 15.2 Å². The fraction of sp³-hybridized carbons (Fsp3) is 0.417. The number of esters is 1. The number of anilines is 1. The van der Waals surface area contributed by atoms with Crippen molar-refractivity contribution in [1.29, 1.82) is 0 Å². The number of hydrogen-bond acceptors (Lipinski definition) is 5. The number of benzene rings is 1. The summed E-state index contributed by atoms with van der Waals surface area (Å²) in [6, 6.07) is 7.62. The summed E-state index contributed by atoms with van der Waals surface area (Å²) in [5.41, 5.74) is 7.47. The first-order valence-electron chi connectivity index (χ1n) is 5.29. The standard InChI is InChI=1S/C12H17NO3S/c1-15-6-7-16-12(14)9-17-8-10-2-4-11(13)5-3-10/h2-5H,6-9,13H2,1H3. The second kappa shape index (κ2) is 7.97. The predicted octanol–water partition coefficient (Wildman–Crippen LogP) is 1.69. The summed E-state index contributed by atoms with van der Waals surface area (Å²) in [7, 11) is 1.57. The Kier molecular flexibility index (Phi) is 6.50. The van der Waals surface area contributed by atoms with Crippen LogP contribution in [0.25, 0.3) is 0 Å². The van der Waals surface area contributed by atoms with Crippen molar-refractivity contribution in [2.45, 2.75) is 5.75 Å². The minimum absolute atomic E-state index is 0.206. The zero-order chi connectivity index (χ0) is 12.5. The molecule has 0 radical (unpaired) electrons. The van der Waals surface area contributed by atoms with Gasteiger partial charge in [0, 0.05) is 18.6 Å². The van der Waals surface area contributed by atoms with Crippen LogP contribution in [-0.4, -0.2) is 32.0 Å². The van der Waals surface area contributed by atoms with E-state index in [9.17, 15) is 4.79 Å². The monoisotopic (exact) mass is 255 g/mol. The van der Waals surface area contributed by atoms with Gasteiger partial charge in [0.15, 0.2) is 0 Å². The van der Waals surface area contributed by atoms with Gasteiger partial charge in [-0.05, 0) is 17.7 Å². The highest BCUT2D eigenvalue weighted by atomic mass is 32.2. The number of rotatable bonds is 7. The molecule has 0 fully saturated rings. The van der Waals surface area contributed by atoms with Gasteiger partial charge in [-0.15, -0.1) is 11.8 Å². The average Bonchev–Trinajstić information content (AvgIpc) is 2.32. The maximum Gasteiger partial charge on any atom is 0.315 e. The number of ether oxygens (including phenoxy) is 2. The molecule has 0 bridgehead atoms. The summed E-state index contributed by atoms with van der Waals surface area (Å²) >= 11 is 1.52. The van der Waals surface area contributed by atoms with Gasteiger partial charge in [-0.3, -0.25) is 4.79 Å². The Hall–Kier alpha value is -1.20. The third-order valence-corrected chi connectivity index (χ3v) is 3.00. The van der Waals surface area contributed by atoms with E-state index in [2.05, 4.69) is 0 Å². The molecule has 0 aromatic heterocycles. The summed E-state index contributed by atoms with van der Waals surface area (Å²) in [6.07, 6.45) is 0. The number of nitrogens with two attached hydrogens (primary N) is 1. The molecule has 0 heterocycles. The largest absolute Gasteiger partial charge is 0.463 e. The summed E-state index contributed by atoms with van der Waals surface area (Å²) in [5.74, 6) is 0.927. The van der Waals surface area contributed by atoms with Gasteiger partial charge in [0.1, 0.15) is 6.61 Å². The first kappa shape index (κ1) is 13.9. The molecule has 0 spiro atoms. The Morgan fingerprint density at radius 2 is 2.00 bits per heavy atom. The van der Waals surface area contributed by atoms with E-state index in [-0.39, 0.29) is 5.97 Å². The normalized spacial score (nSPS) is 10.2. The lowest BCUT2D eigenvalue weighted by Gasteiger charge is -2.04. The van der Waals surface area contributed by atoms with E-state index in [1.54, 1.807) is 7.11 Å². The predicted molar refractivity (Wildman–Crippen MR) is 69.9 cm³/mol. The average molecular weight is 255 g/mol. The molecule has 0 atom stereocenters. The summed E-state index contributed by atoms with van der Waals surface area (Å²) in [6.45, 7) is 0.756.